The molecule has 1 atom stereocenters. The van der Waals surface area contributed by atoms with Gasteiger partial charge in [0.15, 0.2) is 5.82 Å². The number of aromatic nitrogens is 1. The van der Waals surface area contributed by atoms with Crippen LogP contribution < -0.4 is 15.5 Å². The second-order valence-electron chi connectivity index (χ2n) is 6.28. The summed E-state index contributed by atoms with van der Waals surface area (Å²) in [5.74, 6) is 0.922. The Morgan fingerprint density at radius 1 is 1.24 bits per heavy atom. The number of carbonyl (C=O) groups is 1. The molecule has 2 N–H and O–H groups in total. The molecule has 1 aromatic heterocycles. The molecule has 0 bridgehead atoms. The topological polar surface area (TPSA) is 79.6 Å². The summed E-state index contributed by atoms with van der Waals surface area (Å²) in [4.78, 5) is 14.6. The SMILES string of the molecule is Cc1cc(NC(=O)[C@@H](C)Nc2ccc(N3CCOCC3)cc2C)no1. The summed E-state index contributed by atoms with van der Waals surface area (Å²) >= 11 is 0. The van der Waals surface area contributed by atoms with Gasteiger partial charge in [-0.25, -0.2) is 0 Å². The van der Waals surface area contributed by atoms with E-state index in [4.69, 9.17) is 9.26 Å². The summed E-state index contributed by atoms with van der Waals surface area (Å²) < 4.78 is 10.3. The zero-order valence-electron chi connectivity index (χ0n) is 14.8. The van der Waals surface area contributed by atoms with E-state index in [9.17, 15) is 4.79 Å². The second-order valence-corrected chi connectivity index (χ2v) is 6.28. The average Bonchev–Trinajstić information content (AvgIpc) is 3.02. The first-order valence-electron chi connectivity index (χ1n) is 8.47. The van der Waals surface area contributed by atoms with Crippen LogP contribution in [-0.2, 0) is 9.53 Å². The van der Waals surface area contributed by atoms with Crippen molar-refractivity contribution < 1.29 is 14.1 Å². The average molecular weight is 344 g/mol. The molecule has 2 aromatic rings. The maximum Gasteiger partial charge on any atom is 0.247 e. The molecule has 0 radical (unpaired) electrons. The van der Waals surface area contributed by atoms with E-state index in [1.165, 1.54) is 5.69 Å². The van der Waals surface area contributed by atoms with Crippen LogP contribution >= 0.6 is 0 Å². The van der Waals surface area contributed by atoms with Gasteiger partial charge in [0, 0.05) is 30.5 Å². The number of anilines is 3. The van der Waals surface area contributed by atoms with Crippen LogP contribution in [0.5, 0.6) is 0 Å². The lowest BCUT2D eigenvalue weighted by Gasteiger charge is -2.29. The van der Waals surface area contributed by atoms with Crippen LogP contribution in [0, 0.1) is 13.8 Å². The van der Waals surface area contributed by atoms with Crippen LogP contribution in [0.3, 0.4) is 0 Å². The molecule has 1 fully saturated rings. The van der Waals surface area contributed by atoms with E-state index in [1.807, 2.05) is 19.9 Å². The number of morpholine rings is 1. The number of ether oxygens (including phenoxy) is 1. The maximum atomic E-state index is 12.3. The molecule has 1 saturated heterocycles. The fourth-order valence-corrected chi connectivity index (χ4v) is 2.79. The van der Waals surface area contributed by atoms with Crippen molar-refractivity contribution in [1.82, 2.24) is 5.16 Å². The number of rotatable bonds is 5. The molecule has 7 heteroatoms. The van der Waals surface area contributed by atoms with E-state index >= 15 is 0 Å². The zero-order chi connectivity index (χ0) is 17.8. The van der Waals surface area contributed by atoms with E-state index in [2.05, 4.69) is 32.8 Å². The number of hydrogen-bond donors (Lipinski definition) is 2. The third-order valence-electron chi connectivity index (χ3n) is 4.23. The minimum absolute atomic E-state index is 0.162. The normalized spacial score (nSPS) is 15.7. The Bertz CT molecular complexity index is 738. The molecule has 0 aliphatic carbocycles. The van der Waals surface area contributed by atoms with Crippen LogP contribution in [0.25, 0.3) is 0 Å². The first-order chi connectivity index (χ1) is 12.0. The molecule has 0 unspecified atom stereocenters. The highest BCUT2D eigenvalue weighted by atomic mass is 16.5. The fourth-order valence-electron chi connectivity index (χ4n) is 2.79. The lowest BCUT2D eigenvalue weighted by atomic mass is 10.1. The minimum Gasteiger partial charge on any atom is -0.378 e. The third kappa shape index (κ3) is 4.30. The zero-order valence-corrected chi connectivity index (χ0v) is 14.8. The molecular weight excluding hydrogens is 320 g/mol. The summed E-state index contributed by atoms with van der Waals surface area (Å²) in [6, 6.07) is 7.52. The highest BCUT2D eigenvalue weighted by Crippen LogP contribution is 2.24. The largest absolute Gasteiger partial charge is 0.378 e. The molecular formula is C18H24N4O3. The number of carbonyl (C=O) groups excluding carboxylic acids is 1. The predicted molar refractivity (Wildman–Crippen MR) is 97.2 cm³/mol. The summed E-state index contributed by atoms with van der Waals surface area (Å²) in [6.45, 7) is 8.97. The van der Waals surface area contributed by atoms with Gasteiger partial charge in [-0.15, -0.1) is 0 Å². The molecule has 0 spiro atoms. The highest BCUT2D eigenvalue weighted by Gasteiger charge is 2.16. The van der Waals surface area contributed by atoms with E-state index in [0.29, 0.717) is 11.6 Å². The van der Waals surface area contributed by atoms with Gasteiger partial charge < -0.3 is 24.8 Å². The van der Waals surface area contributed by atoms with E-state index in [-0.39, 0.29) is 5.91 Å². The molecule has 1 amide bonds. The Morgan fingerprint density at radius 3 is 2.64 bits per heavy atom. The van der Waals surface area contributed by atoms with Crippen LogP contribution in [0.1, 0.15) is 18.2 Å². The summed E-state index contributed by atoms with van der Waals surface area (Å²) in [5, 5.41) is 9.77. The molecule has 0 saturated carbocycles. The lowest BCUT2D eigenvalue weighted by molar-refractivity contribution is -0.116. The second kappa shape index (κ2) is 7.57. The van der Waals surface area contributed by atoms with Crippen molar-refractivity contribution in [2.75, 3.05) is 41.8 Å². The number of amides is 1. The summed E-state index contributed by atoms with van der Waals surface area (Å²) in [7, 11) is 0. The van der Waals surface area contributed by atoms with Crippen LogP contribution in [0.2, 0.25) is 0 Å². The van der Waals surface area contributed by atoms with Gasteiger partial charge in [-0.2, -0.15) is 0 Å². The molecule has 2 heterocycles. The first-order valence-corrected chi connectivity index (χ1v) is 8.47. The fraction of sp³-hybridized carbons (Fsp3) is 0.444. The molecule has 1 aromatic carbocycles. The van der Waals surface area contributed by atoms with E-state index < -0.39 is 6.04 Å². The number of nitrogens with zero attached hydrogens (tertiary/aromatic N) is 2. The van der Waals surface area contributed by atoms with Crippen LogP contribution in [0.4, 0.5) is 17.2 Å². The predicted octanol–water partition coefficient (Wildman–Crippen LogP) is 2.57. The van der Waals surface area contributed by atoms with Crippen molar-refractivity contribution in [3.8, 4) is 0 Å². The number of nitrogens with one attached hydrogen (secondary N) is 2. The van der Waals surface area contributed by atoms with E-state index in [0.717, 1.165) is 37.6 Å². The Kier molecular flexibility index (Phi) is 5.23. The van der Waals surface area contributed by atoms with E-state index in [1.54, 1.807) is 13.0 Å². The Morgan fingerprint density at radius 2 is 2.00 bits per heavy atom. The smallest absolute Gasteiger partial charge is 0.247 e. The van der Waals surface area contributed by atoms with Crippen molar-refractivity contribution in [3.63, 3.8) is 0 Å². The van der Waals surface area contributed by atoms with Gasteiger partial charge in [-0.1, -0.05) is 5.16 Å². The van der Waals surface area contributed by atoms with Gasteiger partial charge >= 0.3 is 0 Å². The van der Waals surface area contributed by atoms with Crippen molar-refractivity contribution in [1.29, 1.82) is 0 Å². The number of hydrogen-bond acceptors (Lipinski definition) is 6. The van der Waals surface area contributed by atoms with Gasteiger partial charge in [-0.3, -0.25) is 4.79 Å². The molecule has 3 rings (SSSR count). The number of benzene rings is 1. The standard InChI is InChI=1S/C18H24N4O3/c1-12-10-15(22-6-8-24-9-7-22)4-5-16(12)19-14(3)18(23)20-17-11-13(2)25-21-17/h4-5,10-11,14,19H,6-9H2,1-3H3,(H,20,21,23)/t14-/m1/s1. The minimum atomic E-state index is -0.398. The molecule has 1 aliphatic heterocycles. The van der Waals surface area contributed by atoms with Gasteiger partial charge in [0.25, 0.3) is 0 Å². The first kappa shape index (κ1) is 17.3. The number of aryl methyl sites for hydroxylation is 2. The quantitative estimate of drug-likeness (QED) is 0.868. The maximum absolute atomic E-state index is 12.3. The Balaban J connectivity index is 1.62. The Labute approximate surface area is 147 Å². The molecule has 1 aliphatic rings. The van der Waals surface area contributed by atoms with Gasteiger partial charge in [-0.05, 0) is 44.5 Å². The molecule has 25 heavy (non-hydrogen) atoms. The van der Waals surface area contributed by atoms with Gasteiger partial charge in [0.2, 0.25) is 5.91 Å². The summed E-state index contributed by atoms with van der Waals surface area (Å²) in [5.41, 5.74) is 3.22. The lowest BCUT2D eigenvalue weighted by Crippen LogP contribution is -2.36. The molecule has 7 nitrogen and oxygen atoms in total. The third-order valence-corrected chi connectivity index (χ3v) is 4.23. The summed E-state index contributed by atoms with van der Waals surface area (Å²) in [6.07, 6.45) is 0. The van der Waals surface area contributed by atoms with Crippen LogP contribution in [0.15, 0.2) is 28.8 Å². The Hall–Kier alpha value is -2.54. The van der Waals surface area contributed by atoms with Crippen molar-refractivity contribution in [2.24, 2.45) is 0 Å². The van der Waals surface area contributed by atoms with Crippen molar-refractivity contribution >= 4 is 23.1 Å². The van der Waals surface area contributed by atoms with Crippen molar-refractivity contribution in [2.45, 2.75) is 26.8 Å². The van der Waals surface area contributed by atoms with Gasteiger partial charge in [0.1, 0.15) is 11.8 Å². The monoisotopic (exact) mass is 344 g/mol. The van der Waals surface area contributed by atoms with Crippen molar-refractivity contribution in [3.05, 3.63) is 35.6 Å². The highest BCUT2D eigenvalue weighted by molar-refractivity contribution is 5.95. The molecule has 134 valence electrons. The van der Waals surface area contributed by atoms with Crippen LogP contribution in [-0.4, -0.2) is 43.4 Å². The van der Waals surface area contributed by atoms with Gasteiger partial charge in [0.05, 0.1) is 13.2 Å².